The maximum atomic E-state index is 12.4. The first-order valence-electron chi connectivity index (χ1n) is 6.62. The number of carbonyl (C=O) groups excluding carboxylic acids is 1. The van der Waals surface area contributed by atoms with Gasteiger partial charge in [-0.25, -0.2) is 0 Å². The average molecular weight is 476 g/mol. The van der Waals surface area contributed by atoms with E-state index in [4.69, 9.17) is 9.47 Å². The molecule has 0 fully saturated rings. The topological polar surface area (TPSA) is 47.6 Å². The standard InChI is InChI=1S/C16H15BrINO3/c1-3-22-14-9-10(8-13(18)15(14)21-2)16(20)19-12-6-4-11(17)5-7-12/h4-9H,3H2,1-2H3,(H,19,20). The summed E-state index contributed by atoms with van der Waals surface area (Å²) in [4.78, 5) is 12.4. The molecule has 1 N–H and O–H groups in total. The highest BCUT2D eigenvalue weighted by molar-refractivity contribution is 14.1. The van der Waals surface area contributed by atoms with Crippen LogP contribution in [0.1, 0.15) is 17.3 Å². The lowest BCUT2D eigenvalue weighted by Gasteiger charge is -2.13. The number of benzene rings is 2. The summed E-state index contributed by atoms with van der Waals surface area (Å²) >= 11 is 5.49. The summed E-state index contributed by atoms with van der Waals surface area (Å²) < 4.78 is 12.7. The number of ether oxygens (including phenoxy) is 2. The van der Waals surface area contributed by atoms with E-state index in [1.807, 2.05) is 31.2 Å². The molecular formula is C16H15BrINO3. The van der Waals surface area contributed by atoms with E-state index in [1.165, 1.54) is 0 Å². The van der Waals surface area contributed by atoms with Crippen LogP contribution in [0.4, 0.5) is 5.69 Å². The lowest BCUT2D eigenvalue weighted by atomic mass is 10.2. The van der Waals surface area contributed by atoms with E-state index < -0.39 is 0 Å². The van der Waals surface area contributed by atoms with Gasteiger partial charge in [0.25, 0.3) is 5.91 Å². The Hall–Kier alpha value is -1.28. The van der Waals surface area contributed by atoms with E-state index in [0.29, 0.717) is 23.7 Å². The first-order valence-corrected chi connectivity index (χ1v) is 8.49. The van der Waals surface area contributed by atoms with Gasteiger partial charge < -0.3 is 14.8 Å². The summed E-state index contributed by atoms with van der Waals surface area (Å²) in [7, 11) is 1.58. The number of anilines is 1. The Kier molecular flexibility index (Phi) is 6.07. The molecule has 1 amide bonds. The normalized spacial score (nSPS) is 10.2. The summed E-state index contributed by atoms with van der Waals surface area (Å²) in [5, 5.41) is 2.86. The fourth-order valence-electron chi connectivity index (χ4n) is 1.90. The number of methoxy groups -OCH3 is 1. The zero-order valence-corrected chi connectivity index (χ0v) is 15.9. The third kappa shape index (κ3) is 4.13. The lowest BCUT2D eigenvalue weighted by molar-refractivity contribution is 0.102. The zero-order chi connectivity index (χ0) is 16.1. The molecule has 0 aromatic heterocycles. The number of amides is 1. The van der Waals surface area contributed by atoms with Gasteiger partial charge in [0.2, 0.25) is 0 Å². The molecule has 22 heavy (non-hydrogen) atoms. The van der Waals surface area contributed by atoms with Gasteiger partial charge in [-0.2, -0.15) is 0 Å². The van der Waals surface area contributed by atoms with Crippen molar-refractivity contribution in [3.05, 3.63) is 50.0 Å². The monoisotopic (exact) mass is 475 g/mol. The molecule has 0 atom stereocenters. The Bertz CT molecular complexity index is 674. The van der Waals surface area contributed by atoms with E-state index in [1.54, 1.807) is 19.2 Å². The molecule has 0 radical (unpaired) electrons. The van der Waals surface area contributed by atoms with Crippen molar-refractivity contribution in [2.24, 2.45) is 0 Å². The Morgan fingerprint density at radius 3 is 2.55 bits per heavy atom. The van der Waals surface area contributed by atoms with Crippen molar-refractivity contribution < 1.29 is 14.3 Å². The highest BCUT2D eigenvalue weighted by Crippen LogP contribution is 2.34. The lowest BCUT2D eigenvalue weighted by Crippen LogP contribution is -2.12. The van der Waals surface area contributed by atoms with Gasteiger partial charge in [-0.15, -0.1) is 0 Å². The molecule has 2 aromatic carbocycles. The SMILES string of the molecule is CCOc1cc(C(=O)Nc2ccc(Br)cc2)cc(I)c1OC. The van der Waals surface area contributed by atoms with Gasteiger partial charge in [0.05, 0.1) is 17.3 Å². The summed E-state index contributed by atoms with van der Waals surface area (Å²) in [6.45, 7) is 2.39. The van der Waals surface area contributed by atoms with Gasteiger partial charge in [-0.05, 0) is 65.9 Å². The van der Waals surface area contributed by atoms with Crippen LogP contribution in [-0.2, 0) is 0 Å². The van der Waals surface area contributed by atoms with Gasteiger partial charge in [0, 0.05) is 15.7 Å². The fourth-order valence-corrected chi connectivity index (χ4v) is 2.98. The molecule has 0 aliphatic rings. The molecule has 0 bridgehead atoms. The second kappa shape index (κ2) is 7.82. The Morgan fingerprint density at radius 1 is 1.27 bits per heavy atom. The Morgan fingerprint density at radius 2 is 1.95 bits per heavy atom. The van der Waals surface area contributed by atoms with E-state index in [0.717, 1.165) is 13.7 Å². The van der Waals surface area contributed by atoms with Crippen molar-refractivity contribution >= 4 is 50.1 Å². The molecule has 2 aromatic rings. The number of hydrogen-bond acceptors (Lipinski definition) is 3. The van der Waals surface area contributed by atoms with Gasteiger partial charge in [-0.1, -0.05) is 15.9 Å². The van der Waals surface area contributed by atoms with Gasteiger partial charge in [0.1, 0.15) is 0 Å². The first-order chi connectivity index (χ1) is 10.5. The van der Waals surface area contributed by atoms with Gasteiger partial charge >= 0.3 is 0 Å². The molecule has 0 saturated heterocycles. The minimum atomic E-state index is -0.191. The summed E-state index contributed by atoms with van der Waals surface area (Å²) in [6.07, 6.45) is 0. The molecule has 0 spiro atoms. The highest BCUT2D eigenvalue weighted by Gasteiger charge is 2.15. The maximum Gasteiger partial charge on any atom is 0.255 e. The Balaban J connectivity index is 2.27. The smallest absolute Gasteiger partial charge is 0.255 e. The summed E-state index contributed by atoms with van der Waals surface area (Å²) in [5.41, 5.74) is 1.26. The van der Waals surface area contributed by atoms with Crippen molar-refractivity contribution in [2.45, 2.75) is 6.92 Å². The minimum absolute atomic E-state index is 0.191. The van der Waals surface area contributed by atoms with Crippen molar-refractivity contribution in [3.8, 4) is 11.5 Å². The first kappa shape index (κ1) is 17.1. The fraction of sp³-hybridized carbons (Fsp3) is 0.188. The summed E-state index contributed by atoms with van der Waals surface area (Å²) in [6, 6.07) is 10.9. The third-order valence-electron chi connectivity index (χ3n) is 2.88. The number of halogens is 2. The molecule has 0 saturated carbocycles. The van der Waals surface area contributed by atoms with Crippen LogP contribution >= 0.6 is 38.5 Å². The van der Waals surface area contributed by atoms with Crippen molar-refractivity contribution in [3.63, 3.8) is 0 Å². The highest BCUT2D eigenvalue weighted by atomic mass is 127. The van der Waals surface area contributed by atoms with E-state index in [9.17, 15) is 4.79 Å². The molecule has 0 aliphatic heterocycles. The van der Waals surface area contributed by atoms with Crippen LogP contribution in [0.15, 0.2) is 40.9 Å². The molecule has 116 valence electrons. The average Bonchev–Trinajstić information content (AvgIpc) is 2.49. The number of hydrogen-bond donors (Lipinski definition) is 1. The second-order valence-electron chi connectivity index (χ2n) is 4.38. The number of carbonyl (C=O) groups is 1. The third-order valence-corrected chi connectivity index (χ3v) is 4.21. The molecule has 0 aliphatic carbocycles. The van der Waals surface area contributed by atoms with Crippen molar-refractivity contribution in [1.82, 2.24) is 0 Å². The minimum Gasteiger partial charge on any atom is -0.492 e. The molecule has 6 heteroatoms. The second-order valence-corrected chi connectivity index (χ2v) is 6.46. The largest absolute Gasteiger partial charge is 0.492 e. The predicted molar refractivity (Wildman–Crippen MR) is 99.0 cm³/mol. The van der Waals surface area contributed by atoms with Crippen LogP contribution in [0.2, 0.25) is 0 Å². The van der Waals surface area contributed by atoms with Crippen molar-refractivity contribution in [2.75, 3.05) is 19.0 Å². The van der Waals surface area contributed by atoms with Gasteiger partial charge in [0.15, 0.2) is 11.5 Å². The number of rotatable bonds is 5. The molecule has 4 nitrogen and oxygen atoms in total. The Labute approximate surface area is 151 Å². The molecule has 0 heterocycles. The van der Waals surface area contributed by atoms with Crippen LogP contribution in [0, 0.1) is 3.57 Å². The van der Waals surface area contributed by atoms with E-state index in [-0.39, 0.29) is 5.91 Å². The number of nitrogens with one attached hydrogen (secondary N) is 1. The zero-order valence-electron chi connectivity index (χ0n) is 12.2. The predicted octanol–water partition coefficient (Wildman–Crippen LogP) is 4.71. The van der Waals surface area contributed by atoms with Crippen molar-refractivity contribution in [1.29, 1.82) is 0 Å². The summed E-state index contributed by atoms with van der Waals surface area (Å²) in [5.74, 6) is 1.02. The quantitative estimate of drug-likeness (QED) is 0.637. The van der Waals surface area contributed by atoms with E-state index >= 15 is 0 Å². The van der Waals surface area contributed by atoms with Crippen LogP contribution in [0.25, 0.3) is 0 Å². The molecule has 0 unspecified atom stereocenters. The van der Waals surface area contributed by atoms with E-state index in [2.05, 4.69) is 43.8 Å². The van der Waals surface area contributed by atoms with Gasteiger partial charge in [-0.3, -0.25) is 4.79 Å². The van der Waals surface area contributed by atoms with Crippen LogP contribution in [-0.4, -0.2) is 19.6 Å². The molecule has 2 rings (SSSR count). The van der Waals surface area contributed by atoms with Crippen LogP contribution in [0.5, 0.6) is 11.5 Å². The van der Waals surface area contributed by atoms with Crippen LogP contribution < -0.4 is 14.8 Å². The van der Waals surface area contributed by atoms with Crippen LogP contribution in [0.3, 0.4) is 0 Å². The molecular weight excluding hydrogens is 461 g/mol. The maximum absolute atomic E-state index is 12.4.